The Kier molecular flexibility index (Phi) is 4.17. The van der Waals surface area contributed by atoms with Crippen molar-refractivity contribution in [3.8, 4) is 11.3 Å². The van der Waals surface area contributed by atoms with Gasteiger partial charge in [-0.3, -0.25) is 0 Å². The molecular weight excluding hydrogens is 246 g/mol. The zero-order valence-corrected chi connectivity index (χ0v) is 13.2. The number of imidazole rings is 1. The van der Waals surface area contributed by atoms with Crippen molar-refractivity contribution in [2.24, 2.45) is 0 Å². The SMILES string of the molecule is CCCc1nc(-c2cccc(C)c2C)c(N)n1C(C)C. The average Bonchev–Trinajstić information content (AvgIpc) is 2.70. The van der Waals surface area contributed by atoms with Gasteiger partial charge in [-0.25, -0.2) is 4.98 Å². The van der Waals surface area contributed by atoms with E-state index in [2.05, 4.69) is 57.4 Å². The first kappa shape index (κ1) is 14.6. The van der Waals surface area contributed by atoms with Crippen LogP contribution in [0.1, 0.15) is 50.2 Å². The van der Waals surface area contributed by atoms with E-state index in [0.29, 0.717) is 6.04 Å². The molecule has 108 valence electrons. The second kappa shape index (κ2) is 5.70. The number of aryl methyl sites for hydroxylation is 2. The molecule has 0 radical (unpaired) electrons. The fraction of sp³-hybridized carbons (Fsp3) is 0.471. The molecule has 0 bridgehead atoms. The van der Waals surface area contributed by atoms with Gasteiger partial charge in [0.1, 0.15) is 17.3 Å². The lowest BCUT2D eigenvalue weighted by molar-refractivity contribution is 0.571. The fourth-order valence-electron chi connectivity index (χ4n) is 2.68. The van der Waals surface area contributed by atoms with Crippen LogP contribution in [-0.4, -0.2) is 9.55 Å². The molecule has 0 fully saturated rings. The van der Waals surface area contributed by atoms with Crippen molar-refractivity contribution in [3.63, 3.8) is 0 Å². The number of hydrogen-bond acceptors (Lipinski definition) is 2. The molecule has 0 aliphatic carbocycles. The van der Waals surface area contributed by atoms with Crippen LogP contribution in [0.15, 0.2) is 18.2 Å². The van der Waals surface area contributed by atoms with E-state index in [-0.39, 0.29) is 0 Å². The van der Waals surface area contributed by atoms with Crippen molar-refractivity contribution in [1.29, 1.82) is 0 Å². The second-order valence-electron chi connectivity index (χ2n) is 5.72. The number of hydrogen-bond donors (Lipinski definition) is 1. The van der Waals surface area contributed by atoms with Crippen molar-refractivity contribution in [3.05, 3.63) is 35.2 Å². The molecular formula is C17H25N3. The standard InChI is InChI=1S/C17H25N3/c1-6-8-15-19-16(17(18)20(15)11(2)3)14-10-7-9-12(4)13(14)5/h7,9-11H,6,8,18H2,1-5H3. The van der Waals surface area contributed by atoms with Crippen LogP contribution >= 0.6 is 0 Å². The van der Waals surface area contributed by atoms with Crippen molar-refractivity contribution >= 4 is 5.82 Å². The summed E-state index contributed by atoms with van der Waals surface area (Å²) < 4.78 is 2.17. The number of benzene rings is 1. The number of nitrogens with zero attached hydrogens (tertiary/aromatic N) is 2. The molecule has 3 heteroatoms. The summed E-state index contributed by atoms with van der Waals surface area (Å²) in [7, 11) is 0. The minimum Gasteiger partial charge on any atom is -0.383 e. The minimum absolute atomic E-state index is 0.336. The average molecular weight is 271 g/mol. The molecule has 0 saturated heterocycles. The topological polar surface area (TPSA) is 43.8 Å². The molecule has 0 saturated carbocycles. The highest BCUT2D eigenvalue weighted by Gasteiger charge is 2.18. The molecule has 0 unspecified atom stereocenters. The lowest BCUT2D eigenvalue weighted by Gasteiger charge is -2.13. The van der Waals surface area contributed by atoms with E-state index in [1.54, 1.807) is 0 Å². The van der Waals surface area contributed by atoms with E-state index in [1.807, 2.05) is 0 Å². The molecule has 0 amide bonds. The van der Waals surface area contributed by atoms with Gasteiger partial charge in [-0.1, -0.05) is 25.1 Å². The zero-order chi connectivity index (χ0) is 14.9. The Morgan fingerprint density at radius 2 is 1.95 bits per heavy atom. The summed E-state index contributed by atoms with van der Waals surface area (Å²) in [5.41, 5.74) is 11.0. The maximum absolute atomic E-state index is 6.39. The van der Waals surface area contributed by atoms with Crippen molar-refractivity contribution < 1.29 is 0 Å². The third-order valence-corrected chi connectivity index (χ3v) is 3.87. The molecule has 0 atom stereocenters. The number of rotatable bonds is 4. The molecule has 20 heavy (non-hydrogen) atoms. The predicted molar refractivity (Wildman–Crippen MR) is 85.9 cm³/mol. The highest BCUT2D eigenvalue weighted by Crippen LogP contribution is 2.32. The lowest BCUT2D eigenvalue weighted by Crippen LogP contribution is -2.09. The first-order chi connectivity index (χ1) is 9.47. The number of nitrogen functional groups attached to an aromatic ring is 1. The number of nitrogens with two attached hydrogens (primary N) is 1. The summed E-state index contributed by atoms with van der Waals surface area (Å²) in [4.78, 5) is 4.83. The van der Waals surface area contributed by atoms with Gasteiger partial charge in [-0.05, 0) is 45.2 Å². The quantitative estimate of drug-likeness (QED) is 0.901. The summed E-state index contributed by atoms with van der Waals surface area (Å²) in [5, 5.41) is 0. The van der Waals surface area contributed by atoms with Crippen LogP contribution in [0.4, 0.5) is 5.82 Å². The van der Waals surface area contributed by atoms with E-state index in [1.165, 1.54) is 11.1 Å². The first-order valence-corrected chi connectivity index (χ1v) is 7.40. The predicted octanol–water partition coefficient (Wildman–Crippen LogP) is 4.28. The van der Waals surface area contributed by atoms with Crippen LogP contribution in [-0.2, 0) is 6.42 Å². The van der Waals surface area contributed by atoms with E-state index in [9.17, 15) is 0 Å². The Balaban J connectivity index is 2.63. The van der Waals surface area contributed by atoms with Gasteiger partial charge in [0.2, 0.25) is 0 Å². The molecule has 2 aromatic rings. The first-order valence-electron chi connectivity index (χ1n) is 7.40. The maximum atomic E-state index is 6.39. The maximum Gasteiger partial charge on any atom is 0.131 e. The van der Waals surface area contributed by atoms with Crippen LogP contribution in [0.2, 0.25) is 0 Å². The van der Waals surface area contributed by atoms with Crippen molar-refractivity contribution in [1.82, 2.24) is 9.55 Å². The van der Waals surface area contributed by atoms with Gasteiger partial charge in [-0.2, -0.15) is 0 Å². The van der Waals surface area contributed by atoms with E-state index >= 15 is 0 Å². The van der Waals surface area contributed by atoms with Gasteiger partial charge in [-0.15, -0.1) is 0 Å². The Labute approximate surface area is 121 Å². The van der Waals surface area contributed by atoms with Gasteiger partial charge >= 0.3 is 0 Å². The second-order valence-corrected chi connectivity index (χ2v) is 5.72. The van der Waals surface area contributed by atoms with Crippen LogP contribution in [0.25, 0.3) is 11.3 Å². The molecule has 0 aliphatic heterocycles. The van der Waals surface area contributed by atoms with Gasteiger partial charge < -0.3 is 10.3 Å². The van der Waals surface area contributed by atoms with Gasteiger partial charge in [0.25, 0.3) is 0 Å². The van der Waals surface area contributed by atoms with Crippen molar-refractivity contribution in [2.45, 2.75) is 53.5 Å². The molecule has 1 aromatic carbocycles. The smallest absolute Gasteiger partial charge is 0.131 e. The zero-order valence-electron chi connectivity index (χ0n) is 13.2. The highest BCUT2D eigenvalue weighted by molar-refractivity contribution is 5.74. The number of anilines is 1. The van der Waals surface area contributed by atoms with E-state index in [0.717, 1.165) is 35.7 Å². The summed E-state index contributed by atoms with van der Waals surface area (Å²) in [5.74, 6) is 1.88. The molecule has 1 heterocycles. The number of aromatic nitrogens is 2. The Bertz CT molecular complexity index is 609. The monoisotopic (exact) mass is 271 g/mol. The highest BCUT2D eigenvalue weighted by atomic mass is 15.2. The normalized spacial score (nSPS) is 11.3. The largest absolute Gasteiger partial charge is 0.383 e. The van der Waals surface area contributed by atoms with Gasteiger partial charge in [0, 0.05) is 18.0 Å². The minimum atomic E-state index is 0.336. The third-order valence-electron chi connectivity index (χ3n) is 3.87. The lowest BCUT2D eigenvalue weighted by atomic mass is 10.0. The molecule has 0 spiro atoms. The Hall–Kier alpha value is -1.77. The molecule has 1 aromatic heterocycles. The Morgan fingerprint density at radius 3 is 2.55 bits per heavy atom. The Morgan fingerprint density at radius 1 is 1.25 bits per heavy atom. The third kappa shape index (κ3) is 2.45. The van der Waals surface area contributed by atoms with E-state index < -0.39 is 0 Å². The molecule has 2 N–H and O–H groups in total. The summed E-state index contributed by atoms with van der Waals surface area (Å²) in [6, 6.07) is 6.65. The summed E-state index contributed by atoms with van der Waals surface area (Å²) >= 11 is 0. The summed E-state index contributed by atoms with van der Waals surface area (Å²) in [6.45, 7) is 10.8. The van der Waals surface area contributed by atoms with Gasteiger partial charge in [0.15, 0.2) is 0 Å². The van der Waals surface area contributed by atoms with Gasteiger partial charge in [0.05, 0.1) is 0 Å². The van der Waals surface area contributed by atoms with E-state index in [4.69, 9.17) is 10.7 Å². The molecule has 2 rings (SSSR count). The van der Waals surface area contributed by atoms with Crippen molar-refractivity contribution in [2.75, 3.05) is 5.73 Å². The van der Waals surface area contributed by atoms with Crippen LogP contribution in [0, 0.1) is 13.8 Å². The van der Waals surface area contributed by atoms with Crippen LogP contribution < -0.4 is 5.73 Å². The molecule has 0 aliphatic rings. The summed E-state index contributed by atoms with van der Waals surface area (Å²) in [6.07, 6.45) is 2.04. The molecule has 3 nitrogen and oxygen atoms in total. The van der Waals surface area contributed by atoms with Crippen LogP contribution in [0.3, 0.4) is 0 Å². The fourth-order valence-corrected chi connectivity index (χ4v) is 2.68. The van der Waals surface area contributed by atoms with Crippen LogP contribution in [0.5, 0.6) is 0 Å².